The third-order valence-electron chi connectivity index (χ3n) is 2.31. The lowest BCUT2D eigenvalue weighted by atomic mass is 10.2. The molecule has 0 amide bonds. The summed E-state index contributed by atoms with van der Waals surface area (Å²) in [7, 11) is 1.88. The molecule has 0 radical (unpaired) electrons. The highest BCUT2D eigenvalue weighted by Crippen LogP contribution is 2.34. The first-order valence-electron chi connectivity index (χ1n) is 5.18. The highest BCUT2D eigenvalue weighted by molar-refractivity contribution is 7.98. The Labute approximate surface area is 108 Å². The fraction of sp³-hybridized carbons (Fsp3) is 0.250. The number of nitrogens with one attached hydrogen (secondary N) is 1. The number of thiazole rings is 1. The van der Waals surface area contributed by atoms with Gasteiger partial charge in [0.2, 0.25) is 0 Å². The van der Waals surface area contributed by atoms with E-state index in [-0.39, 0.29) is 5.82 Å². The van der Waals surface area contributed by atoms with Gasteiger partial charge < -0.3 is 5.32 Å². The van der Waals surface area contributed by atoms with Crippen LogP contribution < -0.4 is 5.32 Å². The Morgan fingerprint density at radius 2 is 2.29 bits per heavy atom. The summed E-state index contributed by atoms with van der Waals surface area (Å²) in [4.78, 5) is 6.34. The van der Waals surface area contributed by atoms with E-state index in [1.807, 2.05) is 19.4 Å². The summed E-state index contributed by atoms with van der Waals surface area (Å²) in [5, 5.41) is 3.81. The quantitative estimate of drug-likeness (QED) is 0.860. The largest absolute Gasteiger partial charge is 0.315 e. The van der Waals surface area contributed by atoms with E-state index in [2.05, 4.69) is 10.3 Å². The second-order valence-corrected chi connectivity index (χ2v) is 5.44. The number of halogens is 1. The molecule has 0 saturated carbocycles. The van der Waals surface area contributed by atoms with Crippen LogP contribution in [0.2, 0.25) is 0 Å². The van der Waals surface area contributed by atoms with Gasteiger partial charge in [0.15, 0.2) is 0 Å². The lowest BCUT2D eigenvalue weighted by Gasteiger charge is -2.04. The molecule has 0 aliphatic rings. The van der Waals surface area contributed by atoms with Crippen LogP contribution in [0.5, 0.6) is 0 Å². The van der Waals surface area contributed by atoms with E-state index in [0.29, 0.717) is 5.56 Å². The van der Waals surface area contributed by atoms with Gasteiger partial charge in [0.1, 0.15) is 10.8 Å². The van der Waals surface area contributed by atoms with Gasteiger partial charge >= 0.3 is 0 Å². The van der Waals surface area contributed by atoms with E-state index in [9.17, 15) is 4.39 Å². The number of rotatable bonds is 4. The maximum Gasteiger partial charge on any atom is 0.134 e. The lowest BCUT2D eigenvalue weighted by Crippen LogP contribution is -2.02. The summed E-state index contributed by atoms with van der Waals surface area (Å²) in [5.74, 6) is -0.206. The molecule has 0 aliphatic heterocycles. The highest BCUT2D eigenvalue weighted by Gasteiger charge is 2.13. The van der Waals surface area contributed by atoms with Gasteiger partial charge in [0, 0.05) is 22.5 Å². The molecule has 0 saturated heterocycles. The Hall–Kier alpha value is -0.910. The van der Waals surface area contributed by atoms with E-state index in [4.69, 9.17) is 0 Å². The van der Waals surface area contributed by atoms with E-state index in [1.54, 1.807) is 12.3 Å². The van der Waals surface area contributed by atoms with Crippen molar-refractivity contribution >= 4 is 23.1 Å². The molecule has 1 heterocycles. The van der Waals surface area contributed by atoms with Crippen molar-refractivity contribution in [2.75, 3.05) is 13.3 Å². The maximum atomic E-state index is 13.9. The number of aromatic nitrogens is 1. The van der Waals surface area contributed by atoms with E-state index >= 15 is 0 Å². The van der Waals surface area contributed by atoms with Crippen LogP contribution in [0.1, 0.15) is 4.88 Å². The fourth-order valence-corrected chi connectivity index (χ4v) is 3.22. The molecule has 0 aliphatic carbocycles. The zero-order valence-electron chi connectivity index (χ0n) is 9.66. The zero-order valence-corrected chi connectivity index (χ0v) is 11.3. The smallest absolute Gasteiger partial charge is 0.134 e. The second-order valence-electron chi connectivity index (χ2n) is 3.48. The minimum atomic E-state index is -0.206. The Morgan fingerprint density at radius 1 is 1.47 bits per heavy atom. The normalized spacial score (nSPS) is 10.8. The molecule has 0 fully saturated rings. The van der Waals surface area contributed by atoms with Gasteiger partial charge in [-0.05, 0) is 25.4 Å². The van der Waals surface area contributed by atoms with Crippen molar-refractivity contribution in [2.45, 2.75) is 11.4 Å². The fourth-order valence-electron chi connectivity index (χ4n) is 1.56. The molecule has 0 bridgehead atoms. The molecular weight excluding hydrogens is 255 g/mol. The van der Waals surface area contributed by atoms with Crippen molar-refractivity contribution in [3.05, 3.63) is 35.1 Å². The predicted molar refractivity (Wildman–Crippen MR) is 72.1 cm³/mol. The average molecular weight is 268 g/mol. The van der Waals surface area contributed by atoms with E-state index in [0.717, 1.165) is 21.3 Å². The summed E-state index contributed by atoms with van der Waals surface area (Å²) < 4.78 is 13.9. The molecule has 0 spiro atoms. The predicted octanol–water partition coefficient (Wildman–Crippen LogP) is 3.39. The summed E-state index contributed by atoms with van der Waals surface area (Å²) in [5.41, 5.74) is 0.618. The van der Waals surface area contributed by atoms with Crippen LogP contribution in [-0.4, -0.2) is 18.3 Å². The van der Waals surface area contributed by atoms with Gasteiger partial charge in [-0.25, -0.2) is 9.37 Å². The van der Waals surface area contributed by atoms with Crippen molar-refractivity contribution in [2.24, 2.45) is 0 Å². The Bertz CT molecular complexity index is 511. The lowest BCUT2D eigenvalue weighted by molar-refractivity contribution is 0.628. The molecule has 1 aromatic carbocycles. The molecule has 90 valence electrons. The first kappa shape index (κ1) is 12.5. The van der Waals surface area contributed by atoms with E-state index < -0.39 is 0 Å². The van der Waals surface area contributed by atoms with Crippen LogP contribution >= 0.6 is 23.1 Å². The first-order chi connectivity index (χ1) is 8.26. The molecule has 1 N–H and O–H groups in total. The number of hydrogen-bond acceptors (Lipinski definition) is 4. The molecule has 17 heavy (non-hydrogen) atoms. The van der Waals surface area contributed by atoms with Crippen LogP contribution in [0.3, 0.4) is 0 Å². The van der Waals surface area contributed by atoms with Crippen molar-refractivity contribution < 1.29 is 4.39 Å². The molecule has 0 unspecified atom stereocenters. The molecule has 1 aromatic heterocycles. The molecule has 2 rings (SSSR count). The van der Waals surface area contributed by atoms with Gasteiger partial charge in [0.05, 0.1) is 5.56 Å². The first-order valence-corrected chi connectivity index (χ1v) is 7.22. The topological polar surface area (TPSA) is 24.9 Å². The Balaban J connectivity index is 2.44. The van der Waals surface area contributed by atoms with Crippen LogP contribution in [-0.2, 0) is 6.54 Å². The monoisotopic (exact) mass is 268 g/mol. The van der Waals surface area contributed by atoms with Crippen molar-refractivity contribution in [3.8, 4) is 10.6 Å². The molecule has 2 nitrogen and oxygen atoms in total. The minimum Gasteiger partial charge on any atom is -0.315 e. The molecule has 5 heteroatoms. The average Bonchev–Trinajstić information content (AvgIpc) is 2.77. The van der Waals surface area contributed by atoms with Crippen LogP contribution in [0.25, 0.3) is 10.6 Å². The zero-order chi connectivity index (χ0) is 12.3. The van der Waals surface area contributed by atoms with Crippen molar-refractivity contribution in [1.82, 2.24) is 10.3 Å². The summed E-state index contributed by atoms with van der Waals surface area (Å²) in [6, 6.07) is 5.13. The number of hydrogen-bond donors (Lipinski definition) is 1. The maximum absolute atomic E-state index is 13.9. The molecule has 0 atom stereocenters. The standard InChI is InChI=1S/C12H13FN2S2/c1-14-6-8-7-15-12(17-8)11-9(13)4-3-5-10(11)16-2/h3-5,7,14H,6H2,1-2H3. The second kappa shape index (κ2) is 5.62. The summed E-state index contributed by atoms with van der Waals surface area (Å²) in [6.45, 7) is 0.765. The van der Waals surface area contributed by atoms with Crippen LogP contribution in [0.4, 0.5) is 4.39 Å². The third kappa shape index (κ3) is 2.68. The van der Waals surface area contributed by atoms with Gasteiger partial charge in [-0.1, -0.05) is 6.07 Å². The van der Waals surface area contributed by atoms with Gasteiger partial charge in [-0.3, -0.25) is 0 Å². The van der Waals surface area contributed by atoms with E-state index in [1.165, 1.54) is 29.2 Å². The third-order valence-corrected chi connectivity index (χ3v) is 4.11. The number of thioether (sulfide) groups is 1. The summed E-state index contributed by atoms with van der Waals surface area (Å²) >= 11 is 3.07. The van der Waals surface area contributed by atoms with Crippen molar-refractivity contribution in [1.29, 1.82) is 0 Å². The Morgan fingerprint density at radius 3 is 3.00 bits per heavy atom. The van der Waals surface area contributed by atoms with Crippen LogP contribution in [0.15, 0.2) is 29.3 Å². The summed E-state index contributed by atoms with van der Waals surface area (Å²) in [6.07, 6.45) is 3.74. The Kier molecular flexibility index (Phi) is 4.15. The van der Waals surface area contributed by atoms with Gasteiger partial charge in [-0.2, -0.15) is 0 Å². The number of benzene rings is 1. The SMILES string of the molecule is CNCc1cnc(-c2c(F)cccc2SC)s1. The highest BCUT2D eigenvalue weighted by atomic mass is 32.2. The molecule has 2 aromatic rings. The van der Waals surface area contributed by atoms with Crippen LogP contribution in [0, 0.1) is 5.82 Å². The number of nitrogens with zero attached hydrogens (tertiary/aromatic N) is 1. The van der Waals surface area contributed by atoms with Gasteiger partial charge in [0.25, 0.3) is 0 Å². The minimum absolute atomic E-state index is 0.206. The molecular formula is C12H13FN2S2. The van der Waals surface area contributed by atoms with Gasteiger partial charge in [-0.15, -0.1) is 23.1 Å². The van der Waals surface area contributed by atoms with Crippen molar-refractivity contribution in [3.63, 3.8) is 0 Å².